The zero-order chi connectivity index (χ0) is 15.2. The lowest BCUT2D eigenvalue weighted by molar-refractivity contribution is -0.130. The molecule has 0 saturated heterocycles. The van der Waals surface area contributed by atoms with Gasteiger partial charge in [-0.3, -0.25) is 4.79 Å². The zero-order valence-electron chi connectivity index (χ0n) is 11.7. The van der Waals surface area contributed by atoms with Crippen LogP contribution in [0.1, 0.15) is 24.8 Å². The van der Waals surface area contributed by atoms with Crippen LogP contribution in [0.5, 0.6) is 0 Å². The van der Waals surface area contributed by atoms with E-state index in [9.17, 15) is 14.7 Å². The van der Waals surface area contributed by atoms with E-state index < -0.39 is 24.1 Å². The van der Waals surface area contributed by atoms with Crippen LogP contribution in [-0.4, -0.2) is 40.4 Å². The van der Waals surface area contributed by atoms with Gasteiger partial charge in [0.2, 0.25) is 0 Å². The van der Waals surface area contributed by atoms with Crippen LogP contribution in [-0.2, 0) is 11.2 Å². The predicted octanol–water partition coefficient (Wildman–Crippen LogP) is 0.895. The van der Waals surface area contributed by atoms with Gasteiger partial charge in [0.1, 0.15) is 0 Å². The maximum atomic E-state index is 11.8. The standard InChI is InChI=1S/C15H20N2O4/c18-13(14(19)16-11-7-8-11)12(17-15(20)21)9-6-10-4-2-1-3-5-10/h1-5,11-13,17-18H,6-9H2,(H,16,19)(H,20,21)/t12-,13?/m0/s1. The second-order valence-electron chi connectivity index (χ2n) is 5.31. The van der Waals surface area contributed by atoms with Gasteiger partial charge in [-0.15, -0.1) is 0 Å². The highest BCUT2D eigenvalue weighted by atomic mass is 16.4. The number of amides is 2. The van der Waals surface area contributed by atoms with Gasteiger partial charge in [0.15, 0.2) is 6.10 Å². The quantitative estimate of drug-likeness (QED) is 0.600. The van der Waals surface area contributed by atoms with Crippen molar-refractivity contribution in [1.82, 2.24) is 10.6 Å². The van der Waals surface area contributed by atoms with Crippen molar-refractivity contribution in [1.29, 1.82) is 0 Å². The molecule has 1 unspecified atom stereocenters. The van der Waals surface area contributed by atoms with Crippen molar-refractivity contribution >= 4 is 12.0 Å². The van der Waals surface area contributed by atoms with E-state index in [4.69, 9.17) is 5.11 Å². The van der Waals surface area contributed by atoms with Crippen molar-refractivity contribution in [3.05, 3.63) is 35.9 Å². The molecular formula is C15H20N2O4. The molecule has 2 rings (SSSR count). The highest BCUT2D eigenvalue weighted by Crippen LogP contribution is 2.19. The minimum absolute atomic E-state index is 0.131. The summed E-state index contributed by atoms with van der Waals surface area (Å²) in [6, 6.07) is 8.85. The number of nitrogens with one attached hydrogen (secondary N) is 2. The fraction of sp³-hybridized carbons (Fsp3) is 0.467. The molecule has 4 N–H and O–H groups in total. The first-order valence-electron chi connectivity index (χ1n) is 7.08. The van der Waals surface area contributed by atoms with Gasteiger partial charge in [-0.2, -0.15) is 0 Å². The van der Waals surface area contributed by atoms with E-state index in [0.717, 1.165) is 18.4 Å². The van der Waals surface area contributed by atoms with Crippen molar-refractivity contribution < 1.29 is 19.8 Å². The number of hydrogen-bond donors (Lipinski definition) is 4. The molecule has 1 aliphatic rings. The summed E-state index contributed by atoms with van der Waals surface area (Å²) < 4.78 is 0. The Morgan fingerprint density at radius 2 is 1.90 bits per heavy atom. The van der Waals surface area contributed by atoms with Crippen LogP contribution in [0, 0.1) is 0 Å². The smallest absolute Gasteiger partial charge is 0.404 e. The lowest BCUT2D eigenvalue weighted by Gasteiger charge is -2.22. The fourth-order valence-electron chi connectivity index (χ4n) is 2.13. The topological polar surface area (TPSA) is 98.7 Å². The molecule has 0 heterocycles. The Morgan fingerprint density at radius 1 is 1.24 bits per heavy atom. The number of aliphatic hydroxyl groups excluding tert-OH is 1. The highest BCUT2D eigenvalue weighted by Gasteiger charge is 2.31. The summed E-state index contributed by atoms with van der Waals surface area (Å²) in [6.07, 6.45) is 0.158. The van der Waals surface area contributed by atoms with Gasteiger partial charge in [0, 0.05) is 6.04 Å². The average molecular weight is 292 g/mol. The number of carboxylic acid groups (broad SMARTS) is 1. The number of aryl methyl sites for hydroxylation is 1. The molecule has 0 aliphatic heterocycles. The maximum Gasteiger partial charge on any atom is 0.404 e. The molecule has 21 heavy (non-hydrogen) atoms. The van der Waals surface area contributed by atoms with Crippen LogP contribution in [0.25, 0.3) is 0 Å². The Labute approximate surface area is 123 Å². The third-order valence-corrected chi connectivity index (χ3v) is 3.47. The molecule has 1 aromatic carbocycles. The lowest BCUT2D eigenvalue weighted by Crippen LogP contribution is -2.50. The molecule has 114 valence electrons. The number of carbonyl (C=O) groups is 2. The van der Waals surface area contributed by atoms with Gasteiger partial charge in [-0.1, -0.05) is 30.3 Å². The minimum Gasteiger partial charge on any atom is -0.465 e. The molecule has 2 amide bonds. The molecule has 0 spiro atoms. The SMILES string of the molecule is O=C(O)N[C@@H](CCc1ccccc1)C(O)C(=O)NC1CC1. The van der Waals surface area contributed by atoms with Crippen LogP contribution < -0.4 is 10.6 Å². The summed E-state index contributed by atoms with van der Waals surface area (Å²) in [7, 11) is 0. The summed E-state index contributed by atoms with van der Waals surface area (Å²) in [5, 5.41) is 23.8. The van der Waals surface area contributed by atoms with Crippen LogP contribution in [0.4, 0.5) is 4.79 Å². The number of carbonyl (C=O) groups excluding carboxylic acids is 1. The molecule has 0 radical (unpaired) electrons. The van der Waals surface area contributed by atoms with Crippen molar-refractivity contribution in [2.24, 2.45) is 0 Å². The number of aliphatic hydroxyl groups is 1. The Morgan fingerprint density at radius 3 is 2.48 bits per heavy atom. The lowest BCUT2D eigenvalue weighted by atomic mass is 10.0. The molecule has 1 saturated carbocycles. The zero-order valence-corrected chi connectivity index (χ0v) is 11.7. The predicted molar refractivity (Wildman–Crippen MR) is 76.9 cm³/mol. The van der Waals surface area contributed by atoms with Gasteiger partial charge in [0.25, 0.3) is 5.91 Å². The molecule has 6 heteroatoms. The van der Waals surface area contributed by atoms with E-state index in [0.29, 0.717) is 12.8 Å². The fourth-order valence-corrected chi connectivity index (χ4v) is 2.13. The van der Waals surface area contributed by atoms with E-state index in [1.54, 1.807) is 0 Å². The molecule has 1 aliphatic carbocycles. The summed E-state index contributed by atoms with van der Waals surface area (Å²) >= 11 is 0. The number of benzene rings is 1. The maximum absolute atomic E-state index is 11.8. The van der Waals surface area contributed by atoms with Crippen molar-refractivity contribution in [3.63, 3.8) is 0 Å². The van der Waals surface area contributed by atoms with E-state index >= 15 is 0 Å². The van der Waals surface area contributed by atoms with Crippen molar-refractivity contribution in [2.75, 3.05) is 0 Å². The number of rotatable bonds is 7. The van der Waals surface area contributed by atoms with Gasteiger partial charge >= 0.3 is 6.09 Å². The van der Waals surface area contributed by atoms with Crippen LogP contribution in [0.15, 0.2) is 30.3 Å². The van der Waals surface area contributed by atoms with Crippen molar-refractivity contribution in [3.8, 4) is 0 Å². The Hall–Kier alpha value is -2.08. The van der Waals surface area contributed by atoms with Gasteiger partial charge in [-0.25, -0.2) is 4.79 Å². The second-order valence-corrected chi connectivity index (χ2v) is 5.31. The van der Waals surface area contributed by atoms with Crippen LogP contribution in [0.3, 0.4) is 0 Å². The third-order valence-electron chi connectivity index (χ3n) is 3.47. The van der Waals surface area contributed by atoms with E-state index in [2.05, 4.69) is 10.6 Å². The van der Waals surface area contributed by atoms with Crippen LogP contribution in [0.2, 0.25) is 0 Å². The Bertz CT molecular complexity index is 488. The normalized spacial score (nSPS) is 16.8. The minimum atomic E-state index is -1.37. The summed E-state index contributed by atoms with van der Waals surface area (Å²) in [6.45, 7) is 0. The van der Waals surface area contributed by atoms with E-state index in [1.807, 2.05) is 30.3 Å². The van der Waals surface area contributed by atoms with Crippen molar-refractivity contribution in [2.45, 2.75) is 43.9 Å². The molecule has 0 bridgehead atoms. The van der Waals surface area contributed by atoms with Gasteiger partial charge in [0.05, 0.1) is 6.04 Å². The first-order valence-corrected chi connectivity index (χ1v) is 7.08. The molecule has 1 aromatic rings. The first kappa shape index (κ1) is 15.3. The Kier molecular flexibility index (Phi) is 5.16. The second kappa shape index (κ2) is 7.08. The summed E-state index contributed by atoms with van der Waals surface area (Å²) in [5.41, 5.74) is 1.03. The van der Waals surface area contributed by atoms with Gasteiger partial charge < -0.3 is 20.8 Å². The third kappa shape index (κ3) is 5.07. The van der Waals surface area contributed by atoms with E-state index in [-0.39, 0.29) is 6.04 Å². The van der Waals surface area contributed by atoms with Crippen LogP contribution >= 0.6 is 0 Å². The number of hydrogen-bond acceptors (Lipinski definition) is 3. The largest absolute Gasteiger partial charge is 0.465 e. The molecule has 0 aromatic heterocycles. The summed E-state index contributed by atoms with van der Waals surface area (Å²) in [5.74, 6) is -0.510. The Balaban J connectivity index is 1.92. The molecular weight excluding hydrogens is 272 g/mol. The van der Waals surface area contributed by atoms with Gasteiger partial charge in [-0.05, 0) is 31.2 Å². The highest BCUT2D eigenvalue weighted by molar-refractivity contribution is 5.82. The van der Waals surface area contributed by atoms with E-state index in [1.165, 1.54) is 0 Å². The first-order chi connectivity index (χ1) is 10.1. The molecule has 1 fully saturated rings. The average Bonchev–Trinajstić information content (AvgIpc) is 3.27. The summed E-state index contributed by atoms with van der Waals surface area (Å²) in [4.78, 5) is 22.7. The molecule has 2 atom stereocenters. The molecule has 6 nitrogen and oxygen atoms in total. The monoisotopic (exact) mass is 292 g/mol.